The van der Waals surface area contributed by atoms with E-state index in [9.17, 15) is 4.79 Å². The lowest BCUT2D eigenvalue weighted by molar-refractivity contribution is -0.106. The molecule has 7 heteroatoms. The smallest absolute Gasteiger partial charge is 0.161 e. The number of anilines is 3. The van der Waals surface area contributed by atoms with Crippen molar-refractivity contribution in [3.05, 3.63) is 72.3 Å². The van der Waals surface area contributed by atoms with Gasteiger partial charge in [0.1, 0.15) is 6.29 Å². The summed E-state index contributed by atoms with van der Waals surface area (Å²) in [5.74, 6) is 1.32. The van der Waals surface area contributed by atoms with Crippen molar-refractivity contribution in [1.82, 2.24) is 0 Å². The molecule has 3 aromatic rings. The molecule has 0 fully saturated rings. The second-order valence-corrected chi connectivity index (χ2v) is 7.82. The first-order valence-corrected chi connectivity index (χ1v) is 10.9. The molecule has 6 nitrogen and oxygen atoms in total. The van der Waals surface area contributed by atoms with E-state index in [0.717, 1.165) is 33.8 Å². The summed E-state index contributed by atoms with van der Waals surface area (Å²) in [4.78, 5) is 14.6. The molecule has 3 aromatic carbocycles. The highest BCUT2D eigenvalue weighted by molar-refractivity contribution is 8.00. The van der Waals surface area contributed by atoms with Gasteiger partial charge in [-0.2, -0.15) is 0 Å². The van der Waals surface area contributed by atoms with Gasteiger partial charge in [0.05, 0.1) is 32.1 Å². The summed E-state index contributed by atoms with van der Waals surface area (Å²) in [7, 11) is 6.76. The first kappa shape index (κ1) is 25.1. The van der Waals surface area contributed by atoms with Gasteiger partial charge >= 0.3 is 0 Å². The Bertz CT molecular complexity index is 999. The maximum Gasteiger partial charge on any atom is 0.161 e. The lowest BCUT2D eigenvalue weighted by Crippen LogP contribution is -2.21. The number of nitrogens with two attached hydrogens (primary N) is 1. The summed E-state index contributed by atoms with van der Waals surface area (Å²) in [6.07, 6.45) is 0.917. The summed E-state index contributed by atoms with van der Waals surface area (Å²) < 4.78 is 12.7. The number of nitrogens with zero attached hydrogens (tertiary/aromatic N) is 2. The average Bonchev–Trinajstić information content (AvgIpc) is 2.85. The fraction of sp³-hybridized carbons (Fsp3) is 0.240. The third-order valence-electron chi connectivity index (χ3n) is 4.72. The molecule has 0 aliphatic heterocycles. The Hall–Kier alpha value is -3.16. The lowest BCUT2D eigenvalue weighted by Gasteiger charge is -2.29. The number of benzene rings is 3. The van der Waals surface area contributed by atoms with Crippen molar-refractivity contribution >= 4 is 35.3 Å². The van der Waals surface area contributed by atoms with Crippen LogP contribution in [0.25, 0.3) is 0 Å². The average molecular weight is 454 g/mol. The molecule has 32 heavy (non-hydrogen) atoms. The van der Waals surface area contributed by atoms with E-state index in [1.165, 1.54) is 19.0 Å². The third kappa shape index (κ3) is 6.18. The molecule has 0 saturated heterocycles. The minimum atomic E-state index is 0.248. The van der Waals surface area contributed by atoms with Gasteiger partial charge in [-0.05, 0) is 73.9 Å². The highest BCUT2D eigenvalue weighted by Gasteiger charge is 2.18. The zero-order valence-electron chi connectivity index (χ0n) is 19.2. The summed E-state index contributed by atoms with van der Waals surface area (Å²) >= 11 is 1.49. The molecular formula is C25H31N3O3S. The number of aryl methyl sites for hydroxylation is 1. The van der Waals surface area contributed by atoms with Gasteiger partial charge in [0.15, 0.2) is 11.5 Å². The van der Waals surface area contributed by atoms with Crippen LogP contribution in [0.1, 0.15) is 5.56 Å². The van der Waals surface area contributed by atoms with Crippen molar-refractivity contribution in [2.75, 3.05) is 44.1 Å². The zero-order chi connectivity index (χ0) is 23.5. The number of para-hydroxylation sites is 1. The van der Waals surface area contributed by atoms with E-state index in [-0.39, 0.29) is 6.54 Å². The third-order valence-corrected chi connectivity index (χ3v) is 5.75. The van der Waals surface area contributed by atoms with Crippen LogP contribution in [-0.2, 0) is 4.79 Å². The van der Waals surface area contributed by atoms with Crippen LogP contribution in [0.3, 0.4) is 0 Å². The second-order valence-electron chi connectivity index (χ2n) is 6.72. The van der Waals surface area contributed by atoms with Crippen molar-refractivity contribution in [2.45, 2.75) is 11.8 Å². The highest BCUT2D eigenvalue weighted by atomic mass is 32.2. The summed E-state index contributed by atoms with van der Waals surface area (Å²) in [6, 6.07) is 22.2. The number of aldehydes is 1. The molecule has 0 aliphatic rings. The summed E-state index contributed by atoms with van der Waals surface area (Å²) in [6.45, 7) is 2.31. The topological polar surface area (TPSA) is 68.0 Å². The molecule has 0 heterocycles. The lowest BCUT2D eigenvalue weighted by atomic mass is 10.1. The Morgan fingerprint density at radius 3 is 2.22 bits per heavy atom. The minimum Gasteiger partial charge on any atom is -0.493 e. The van der Waals surface area contributed by atoms with Crippen LogP contribution in [-0.4, -0.2) is 41.1 Å². The minimum absolute atomic E-state index is 0.248. The molecule has 0 spiro atoms. The number of hydrogen-bond acceptors (Lipinski definition) is 7. The molecule has 170 valence electrons. The van der Waals surface area contributed by atoms with Crippen LogP contribution < -0.4 is 24.4 Å². The van der Waals surface area contributed by atoms with Gasteiger partial charge in [0, 0.05) is 17.6 Å². The maximum absolute atomic E-state index is 11.5. The number of hydrogen-bond donors (Lipinski definition) is 1. The van der Waals surface area contributed by atoms with Gasteiger partial charge in [-0.25, -0.2) is 0 Å². The van der Waals surface area contributed by atoms with E-state index < -0.39 is 0 Å². The molecule has 3 rings (SSSR count). The largest absolute Gasteiger partial charge is 0.493 e. The van der Waals surface area contributed by atoms with Gasteiger partial charge in [0.25, 0.3) is 0 Å². The number of carbonyl (C=O) groups is 1. The predicted molar refractivity (Wildman–Crippen MR) is 135 cm³/mol. The van der Waals surface area contributed by atoms with Crippen LogP contribution in [0.4, 0.5) is 17.1 Å². The predicted octanol–water partition coefficient (Wildman–Crippen LogP) is 5.07. The van der Waals surface area contributed by atoms with Crippen molar-refractivity contribution in [3.8, 4) is 11.5 Å². The quantitative estimate of drug-likeness (QED) is 0.358. The Morgan fingerprint density at radius 1 is 0.906 bits per heavy atom. The van der Waals surface area contributed by atoms with Crippen LogP contribution in [0, 0.1) is 6.92 Å². The fourth-order valence-electron chi connectivity index (χ4n) is 3.16. The number of methoxy groups -OCH3 is 2. The summed E-state index contributed by atoms with van der Waals surface area (Å²) in [5.41, 5.74) is 8.71. The van der Waals surface area contributed by atoms with Crippen LogP contribution in [0.2, 0.25) is 0 Å². The second kappa shape index (κ2) is 12.6. The van der Waals surface area contributed by atoms with Crippen LogP contribution >= 0.6 is 11.9 Å². The normalized spacial score (nSPS) is 9.94. The fourth-order valence-corrected chi connectivity index (χ4v) is 4.09. The molecule has 0 atom stereocenters. The first-order chi connectivity index (χ1) is 15.6. The molecule has 0 amide bonds. The van der Waals surface area contributed by atoms with Crippen LogP contribution in [0.5, 0.6) is 11.5 Å². The number of ether oxygens (including phenoxy) is 2. The van der Waals surface area contributed by atoms with E-state index >= 15 is 0 Å². The monoisotopic (exact) mass is 453 g/mol. The standard InChI is InChI=1S/C24H26N2O3S.CH5N/c1-18-10-12-21(22(16-18)25(2)19-8-6-5-7-9-19)26(14-15-27)30-20-11-13-23(28-3)24(17-20)29-4;1-2/h5-13,15-17H,14H2,1-4H3;2H2,1H3. The van der Waals surface area contributed by atoms with Crippen molar-refractivity contribution in [2.24, 2.45) is 5.73 Å². The number of carbonyl (C=O) groups excluding carboxylic acids is 1. The van der Waals surface area contributed by atoms with E-state index in [1.54, 1.807) is 14.2 Å². The number of rotatable bonds is 9. The van der Waals surface area contributed by atoms with Gasteiger partial charge in [-0.1, -0.05) is 24.3 Å². The maximum atomic E-state index is 11.5. The van der Waals surface area contributed by atoms with Crippen molar-refractivity contribution in [1.29, 1.82) is 0 Å². The Labute approximate surface area is 195 Å². The van der Waals surface area contributed by atoms with Gasteiger partial charge in [0.2, 0.25) is 0 Å². The Morgan fingerprint density at radius 2 is 1.59 bits per heavy atom. The Balaban J connectivity index is 0.00000176. The highest BCUT2D eigenvalue weighted by Crippen LogP contribution is 2.40. The van der Waals surface area contributed by atoms with Crippen molar-refractivity contribution in [3.63, 3.8) is 0 Å². The molecule has 0 aromatic heterocycles. The van der Waals surface area contributed by atoms with E-state index in [0.29, 0.717) is 11.5 Å². The van der Waals surface area contributed by atoms with Gasteiger partial charge < -0.3 is 29.2 Å². The molecule has 0 saturated carbocycles. The van der Waals surface area contributed by atoms with Crippen LogP contribution in [0.15, 0.2) is 71.6 Å². The van der Waals surface area contributed by atoms with E-state index in [1.807, 2.05) is 47.8 Å². The van der Waals surface area contributed by atoms with E-state index in [2.05, 4.69) is 47.9 Å². The molecule has 0 bridgehead atoms. The summed E-state index contributed by atoms with van der Waals surface area (Å²) in [5, 5.41) is 0. The molecule has 0 aliphatic carbocycles. The Kier molecular flexibility index (Phi) is 9.91. The van der Waals surface area contributed by atoms with Gasteiger partial charge in [-0.3, -0.25) is 0 Å². The van der Waals surface area contributed by atoms with Gasteiger partial charge in [-0.15, -0.1) is 0 Å². The van der Waals surface area contributed by atoms with Crippen molar-refractivity contribution < 1.29 is 14.3 Å². The molecular weight excluding hydrogens is 422 g/mol. The van der Waals surface area contributed by atoms with E-state index in [4.69, 9.17) is 9.47 Å². The first-order valence-electron chi connectivity index (χ1n) is 10.2. The zero-order valence-corrected chi connectivity index (χ0v) is 20.1. The SMILES string of the molecule is CN.COc1ccc(SN(CC=O)c2ccc(C)cc2N(C)c2ccccc2)cc1OC. The molecule has 2 N–H and O–H groups in total. The molecule has 0 radical (unpaired) electrons. The molecule has 0 unspecified atom stereocenters.